The van der Waals surface area contributed by atoms with E-state index in [0.717, 1.165) is 0 Å². The van der Waals surface area contributed by atoms with E-state index in [1.165, 1.54) is 0 Å². The van der Waals surface area contributed by atoms with Gasteiger partial charge in [0.2, 0.25) is 0 Å². The molecule has 1 aromatic rings. The maximum Gasteiger partial charge on any atom is 0.310 e. The predicted molar refractivity (Wildman–Crippen MR) is 62.6 cm³/mol. The van der Waals surface area contributed by atoms with E-state index in [0.29, 0.717) is 17.1 Å². The molecule has 0 aliphatic carbocycles. The standard InChI is InChI=1S/C11H16N4O2/c1-7-8(5-12)9(15(4)14-7)13-6-11(2,3)10(16)17/h13H,6H2,1-4H3,(H,16,17). The lowest BCUT2D eigenvalue weighted by Crippen LogP contribution is -2.32. The highest BCUT2D eigenvalue weighted by atomic mass is 16.4. The lowest BCUT2D eigenvalue weighted by Gasteiger charge is -2.20. The first-order valence-corrected chi connectivity index (χ1v) is 5.20. The largest absolute Gasteiger partial charge is 0.481 e. The van der Waals surface area contributed by atoms with Crippen LogP contribution in [-0.2, 0) is 11.8 Å². The number of carboxylic acid groups (broad SMARTS) is 1. The van der Waals surface area contributed by atoms with Gasteiger partial charge in [0.15, 0.2) is 0 Å². The number of aromatic nitrogens is 2. The molecule has 0 fully saturated rings. The fraction of sp³-hybridized carbons (Fsp3) is 0.545. The summed E-state index contributed by atoms with van der Waals surface area (Å²) in [5.74, 6) is -0.332. The molecular weight excluding hydrogens is 220 g/mol. The second kappa shape index (κ2) is 4.45. The van der Waals surface area contributed by atoms with Gasteiger partial charge < -0.3 is 10.4 Å². The number of nitrogens with zero attached hydrogens (tertiary/aromatic N) is 3. The normalized spacial score (nSPS) is 11.0. The van der Waals surface area contributed by atoms with Gasteiger partial charge in [0, 0.05) is 13.6 Å². The van der Waals surface area contributed by atoms with Crippen molar-refractivity contribution in [2.75, 3.05) is 11.9 Å². The quantitative estimate of drug-likeness (QED) is 0.817. The highest BCUT2D eigenvalue weighted by molar-refractivity contribution is 5.74. The van der Waals surface area contributed by atoms with Gasteiger partial charge >= 0.3 is 5.97 Å². The lowest BCUT2D eigenvalue weighted by molar-refractivity contribution is -0.146. The molecule has 1 rings (SSSR count). The van der Waals surface area contributed by atoms with Gasteiger partial charge in [0.1, 0.15) is 17.5 Å². The van der Waals surface area contributed by atoms with Crippen molar-refractivity contribution in [1.82, 2.24) is 9.78 Å². The van der Waals surface area contributed by atoms with E-state index in [9.17, 15) is 4.79 Å². The molecule has 0 aliphatic heterocycles. The summed E-state index contributed by atoms with van der Waals surface area (Å²) in [5.41, 5.74) is 0.185. The molecule has 1 heterocycles. The van der Waals surface area contributed by atoms with Crippen molar-refractivity contribution in [1.29, 1.82) is 5.26 Å². The Labute approximate surface area is 99.9 Å². The number of carboxylic acids is 1. The van der Waals surface area contributed by atoms with Gasteiger partial charge in [-0.05, 0) is 20.8 Å². The highest BCUT2D eigenvalue weighted by Crippen LogP contribution is 2.21. The number of nitriles is 1. The van der Waals surface area contributed by atoms with E-state index in [2.05, 4.69) is 16.5 Å². The van der Waals surface area contributed by atoms with E-state index in [1.54, 1.807) is 32.5 Å². The van der Waals surface area contributed by atoms with Gasteiger partial charge in [-0.1, -0.05) is 0 Å². The second-order valence-electron chi connectivity index (χ2n) is 4.59. The first kappa shape index (κ1) is 13.0. The Balaban J connectivity index is 2.91. The maximum absolute atomic E-state index is 11.0. The molecule has 6 heteroatoms. The van der Waals surface area contributed by atoms with E-state index >= 15 is 0 Å². The molecule has 0 unspecified atom stereocenters. The van der Waals surface area contributed by atoms with Crippen LogP contribution in [0.5, 0.6) is 0 Å². The van der Waals surface area contributed by atoms with Gasteiger partial charge in [0.05, 0.1) is 11.1 Å². The number of nitrogens with one attached hydrogen (secondary N) is 1. The zero-order valence-corrected chi connectivity index (χ0v) is 10.4. The zero-order chi connectivity index (χ0) is 13.2. The Morgan fingerprint density at radius 1 is 1.65 bits per heavy atom. The minimum Gasteiger partial charge on any atom is -0.481 e. The van der Waals surface area contributed by atoms with Crippen LogP contribution >= 0.6 is 0 Å². The number of anilines is 1. The second-order valence-corrected chi connectivity index (χ2v) is 4.59. The van der Waals surface area contributed by atoms with Gasteiger partial charge in [-0.3, -0.25) is 9.48 Å². The number of carbonyl (C=O) groups is 1. The molecule has 1 aromatic heterocycles. The van der Waals surface area contributed by atoms with E-state index in [4.69, 9.17) is 10.4 Å². The minimum absolute atomic E-state index is 0.232. The van der Waals surface area contributed by atoms with Crippen LogP contribution in [0.4, 0.5) is 5.82 Å². The highest BCUT2D eigenvalue weighted by Gasteiger charge is 2.27. The van der Waals surface area contributed by atoms with Crippen molar-refractivity contribution in [3.63, 3.8) is 0 Å². The van der Waals surface area contributed by atoms with Crippen molar-refractivity contribution in [3.8, 4) is 6.07 Å². The molecule has 6 nitrogen and oxygen atoms in total. The Bertz CT molecular complexity index is 482. The summed E-state index contributed by atoms with van der Waals surface area (Å²) in [4.78, 5) is 11.0. The molecule has 0 saturated carbocycles. The third kappa shape index (κ3) is 2.56. The topological polar surface area (TPSA) is 90.9 Å². The number of aliphatic carboxylic acids is 1. The molecular formula is C11H16N4O2. The molecule has 0 saturated heterocycles. The molecule has 0 radical (unpaired) electrons. The SMILES string of the molecule is Cc1nn(C)c(NCC(C)(C)C(=O)O)c1C#N. The molecule has 0 aromatic carbocycles. The van der Waals surface area contributed by atoms with Gasteiger partial charge in [-0.2, -0.15) is 10.4 Å². The van der Waals surface area contributed by atoms with Crippen LogP contribution in [-0.4, -0.2) is 27.4 Å². The molecule has 0 bridgehead atoms. The summed E-state index contributed by atoms with van der Waals surface area (Å²) in [6.45, 7) is 5.22. The predicted octanol–water partition coefficient (Wildman–Crippen LogP) is 1.12. The number of aryl methyl sites for hydroxylation is 2. The molecule has 0 aliphatic rings. The van der Waals surface area contributed by atoms with Gasteiger partial charge in [-0.15, -0.1) is 0 Å². The van der Waals surface area contributed by atoms with Crippen LogP contribution < -0.4 is 5.32 Å². The first-order valence-electron chi connectivity index (χ1n) is 5.20. The molecule has 0 spiro atoms. The number of rotatable bonds is 4. The summed E-state index contributed by atoms with van der Waals surface area (Å²) in [7, 11) is 1.71. The van der Waals surface area contributed by atoms with Crippen LogP contribution in [0.1, 0.15) is 25.1 Å². The first-order chi connectivity index (χ1) is 7.79. The van der Waals surface area contributed by atoms with Crippen LogP contribution in [0.3, 0.4) is 0 Å². The molecule has 0 amide bonds. The van der Waals surface area contributed by atoms with E-state index in [-0.39, 0.29) is 6.54 Å². The fourth-order valence-electron chi connectivity index (χ4n) is 1.38. The van der Waals surface area contributed by atoms with Crippen LogP contribution in [0.15, 0.2) is 0 Å². The summed E-state index contributed by atoms with van der Waals surface area (Å²) < 4.78 is 1.55. The third-order valence-electron chi connectivity index (χ3n) is 2.61. The van der Waals surface area contributed by atoms with E-state index in [1.807, 2.05) is 0 Å². The van der Waals surface area contributed by atoms with Gasteiger partial charge in [0.25, 0.3) is 0 Å². The summed E-state index contributed by atoms with van der Waals surface area (Å²) in [6, 6.07) is 2.06. The third-order valence-corrected chi connectivity index (χ3v) is 2.61. The summed E-state index contributed by atoms with van der Waals surface area (Å²) >= 11 is 0. The Hall–Kier alpha value is -2.03. The van der Waals surface area contributed by atoms with Crippen LogP contribution in [0.25, 0.3) is 0 Å². The smallest absolute Gasteiger partial charge is 0.310 e. The fourth-order valence-corrected chi connectivity index (χ4v) is 1.38. The molecule has 17 heavy (non-hydrogen) atoms. The van der Waals surface area contributed by atoms with Crippen molar-refractivity contribution in [2.45, 2.75) is 20.8 Å². The molecule has 0 atom stereocenters. The zero-order valence-electron chi connectivity index (χ0n) is 10.4. The maximum atomic E-state index is 11.0. The monoisotopic (exact) mass is 236 g/mol. The van der Waals surface area contributed by atoms with Crippen LogP contribution in [0.2, 0.25) is 0 Å². The number of hydrogen-bond acceptors (Lipinski definition) is 4. The molecule has 2 N–H and O–H groups in total. The van der Waals surface area contributed by atoms with Crippen molar-refractivity contribution in [2.24, 2.45) is 12.5 Å². The average molecular weight is 236 g/mol. The Morgan fingerprint density at radius 2 is 2.24 bits per heavy atom. The van der Waals surface area contributed by atoms with Crippen molar-refractivity contribution >= 4 is 11.8 Å². The lowest BCUT2D eigenvalue weighted by atomic mass is 9.94. The van der Waals surface area contributed by atoms with Crippen LogP contribution in [0, 0.1) is 23.7 Å². The van der Waals surface area contributed by atoms with Crippen molar-refractivity contribution in [3.05, 3.63) is 11.3 Å². The van der Waals surface area contributed by atoms with E-state index < -0.39 is 11.4 Å². The Morgan fingerprint density at radius 3 is 2.71 bits per heavy atom. The Kier molecular flexibility index (Phi) is 3.42. The molecule has 92 valence electrons. The summed E-state index contributed by atoms with van der Waals surface area (Å²) in [6.07, 6.45) is 0. The van der Waals surface area contributed by atoms with Gasteiger partial charge in [-0.25, -0.2) is 0 Å². The average Bonchev–Trinajstić information content (AvgIpc) is 2.49. The van der Waals surface area contributed by atoms with Crippen molar-refractivity contribution < 1.29 is 9.90 Å². The number of hydrogen-bond donors (Lipinski definition) is 2. The summed E-state index contributed by atoms with van der Waals surface area (Å²) in [5, 5.41) is 25.1. The minimum atomic E-state index is -0.898.